The van der Waals surface area contributed by atoms with Crippen LogP contribution in [0.3, 0.4) is 0 Å². The smallest absolute Gasteiger partial charge is 0.410 e. The summed E-state index contributed by atoms with van der Waals surface area (Å²) < 4.78 is 85.8. The van der Waals surface area contributed by atoms with Gasteiger partial charge in [0.2, 0.25) is 29.0 Å². The molecule has 4 aromatic carbocycles. The van der Waals surface area contributed by atoms with Crippen molar-refractivity contribution in [2.24, 2.45) is 23.5 Å². The number of anilines is 1. The first-order valence-electron chi connectivity index (χ1n) is 47.8. The van der Waals surface area contributed by atoms with Gasteiger partial charge < -0.3 is 129 Å². The van der Waals surface area contributed by atoms with Crippen LogP contribution < -0.4 is 46.7 Å². The summed E-state index contributed by atoms with van der Waals surface area (Å²) in [5, 5.41) is 69.3. The Hall–Kier alpha value is -9.30. The fraction of sp³-hybridized carbons (Fsp3) is 0.569. The molecule has 7 aliphatic rings. The number of likely N-dealkylation sites (N-methyl/N-ethyl adjacent to an activating group) is 1. The third-order valence-electron chi connectivity index (χ3n) is 25.9. The summed E-state index contributed by atoms with van der Waals surface area (Å²) in [6, 6.07) is 18.6. The van der Waals surface area contributed by atoms with E-state index in [1.807, 2.05) is 72.8 Å². The summed E-state index contributed by atoms with van der Waals surface area (Å²) >= 11 is 2.76. The molecule has 4 heterocycles. The van der Waals surface area contributed by atoms with Gasteiger partial charge in [-0.3, -0.25) is 33.6 Å². The predicted molar refractivity (Wildman–Crippen MR) is 539 cm³/mol. The number of urea groups is 1. The maximum Gasteiger partial charge on any atom is 0.410 e. The van der Waals surface area contributed by atoms with Crippen molar-refractivity contribution in [3.63, 3.8) is 0 Å². The lowest BCUT2D eigenvalue weighted by Gasteiger charge is -2.47. The summed E-state index contributed by atoms with van der Waals surface area (Å²) in [5.74, 6) is 6.47. The molecule has 143 heavy (non-hydrogen) atoms. The van der Waals surface area contributed by atoms with Gasteiger partial charge in [0.05, 0.1) is 104 Å². The largest absolute Gasteiger partial charge is 0.492 e. The molecule has 37 nitrogen and oxygen atoms in total. The number of ether oxygens (including phenoxy) is 14. The highest BCUT2D eigenvalue weighted by Gasteiger charge is 2.53. The van der Waals surface area contributed by atoms with Crippen molar-refractivity contribution in [1.82, 2.24) is 26.3 Å². The van der Waals surface area contributed by atoms with E-state index in [0.717, 1.165) is 34.0 Å². The first-order chi connectivity index (χ1) is 68.4. The molecule has 41 heteroatoms. The number of allylic oxidation sites excluding steroid dienone is 2. The Balaban J connectivity index is 0.743. The molecule has 0 unspecified atom stereocenters. The number of nitrogens with zero attached hydrogens (tertiary/aromatic N) is 1. The zero-order chi connectivity index (χ0) is 104. The van der Waals surface area contributed by atoms with Crippen LogP contribution in [-0.2, 0) is 92.3 Å². The van der Waals surface area contributed by atoms with Gasteiger partial charge in [-0.1, -0.05) is 158 Å². The number of carbonyl (C=O) groups is 10. The maximum absolute atomic E-state index is 14.7. The lowest BCUT2D eigenvalue weighted by Crippen LogP contribution is -2.65. The number of primary amides is 1. The molecule has 0 spiro atoms. The number of hydrogen-bond donors (Lipinski definition) is 11. The first-order valence-corrected chi connectivity index (χ1v) is 52.1. The van der Waals surface area contributed by atoms with Crippen molar-refractivity contribution < 1.29 is 145 Å². The Labute approximate surface area is 858 Å². The van der Waals surface area contributed by atoms with Crippen LogP contribution in [0.2, 0.25) is 0 Å². The Bertz CT molecular complexity index is 5320. The van der Waals surface area contributed by atoms with E-state index in [4.69, 9.17) is 76.9 Å². The van der Waals surface area contributed by atoms with Crippen LogP contribution in [-0.4, -0.2) is 290 Å². The van der Waals surface area contributed by atoms with Crippen LogP contribution in [0, 0.1) is 51.9 Å². The number of alkyl carbamates (subject to hydrolysis) is 1. The Morgan fingerprint density at radius 3 is 2.05 bits per heavy atom. The van der Waals surface area contributed by atoms with Gasteiger partial charge in [-0.25, -0.2) is 14.4 Å². The second-order valence-electron chi connectivity index (χ2n) is 36.5. The number of esters is 1. The molecule has 22 atom stereocenters. The van der Waals surface area contributed by atoms with E-state index >= 15 is 0 Å². The Morgan fingerprint density at radius 2 is 1.41 bits per heavy atom. The number of nitrogens with two attached hydrogens (primary N) is 1. The molecular weight excluding hydrogens is 2030 g/mol. The van der Waals surface area contributed by atoms with Crippen molar-refractivity contribution in [3.05, 3.63) is 139 Å². The second kappa shape index (κ2) is 53.9. The first kappa shape index (κ1) is 114. The summed E-state index contributed by atoms with van der Waals surface area (Å²) in [7, 11) is 9.65. The molecule has 780 valence electrons. The predicted octanol–water partition coefficient (Wildman–Crippen LogP) is 10.0. The maximum atomic E-state index is 14.7. The number of rotatable bonds is 46. The number of benzene rings is 4. The van der Waals surface area contributed by atoms with Crippen molar-refractivity contribution in [2.45, 2.75) is 279 Å². The summed E-state index contributed by atoms with van der Waals surface area (Å²) in [6.45, 7) is 17.2. The van der Waals surface area contributed by atoms with Crippen molar-refractivity contribution in [2.75, 3.05) is 79.5 Å². The number of amides is 6. The molecule has 0 saturated carbocycles. The van der Waals surface area contributed by atoms with Gasteiger partial charge >= 0.3 is 24.2 Å². The monoisotopic (exact) mass is 2160 g/mol. The highest BCUT2D eigenvalue weighted by atomic mass is 127. The van der Waals surface area contributed by atoms with E-state index in [-0.39, 0.29) is 147 Å². The highest BCUT2D eigenvalue weighted by Crippen LogP contribution is 2.51. The van der Waals surface area contributed by atoms with Gasteiger partial charge in [0.15, 0.2) is 47.5 Å². The van der Waals surface area contributed by atoms with E-state index in [2.05, 4.69) is 62.6 Å². The van der Waals surface area contributed by atoms with Crippen LogP contribution in [0.25, 0.3) is 11.1 Å². The van der Waals surface area contributed by atoms with Gasteiger partial charge in [-0.2, -0.15) is 5.48 Å². The van der Waals surface area contributed by atoms with E-state index in [9.17, 15) is 73.5 Å². The minimum Gasteiger partial charge on any atom is -0.492 e. The summed E-state index contributed by atoms with van der Waals surface area (Å²) in [6.07, 6.45) is -16.1. The van der Waals surface area contributed by atoms with Crippen LogP contribution in [0.4, 0.5) is 20.1 Å². The van der Waals surface area contributed by atoms with Crippen molar-refractivity contribution in [1.29, 1.82) is 0 Å². The van der Waals surface area contributed by atoms with E-state index in [1.165, 1.54) is 70.3 Å². The lowest BCUT2D eigenvalue weighted by molar-refractivity contribution is -0.337. The zero-order valence-electron chi connectivity index (χ0n) is 82.8. The number of unbranched alkanes of at least 4 members (excludes halogenated alkanes) is 1. The standard InChI is InChI=1S/C102H132IN7O30S3/c1-16-110(101(124)133-50-60-35-37-63(38-36-60)107-94(119)62(29-27-42-105-99(104)122)45-72(112)83(53(2)3)108-95(120)61(44-55(6)111)28-24-26-41-106-100(123)132-51-69-66-32-22-20-30-64(66)65-31-21-23-33-67(65)69)71-52-131-78(48-76(71)126-11)138-91-86(117)84(57(8)135-98(91)137-75-34-19-17-18-25-40-102(125)49-74(114)68(46-77(115)127-12)81(75)70(102)39-43-141-143-54(4)5)109-140-79-47-73(113)93(59(10)134-79)142-96(121)80-56(7)82(103)89(92(130-15)88(80)128-13)139-97-87(118)90(129-14)85(116)58(9)136-97/h17-18,20-23,30-33,35-39,53-54,57-59,61-62,69,71,73,75-76,78-79,83-87,90-91,93,97-98,109,113,116-118,125H,16,24,26-29,41-52H2,1-15H3,(H,106,123)(H,107,119)(H,108,120)(H3,104,105,122)/b18-17-,70-39+/t57-,58+,59-,61-,62-,71+,73+,75+,76+,78+,79+,83+,84-,85+,86+,87-,90-,91-,93-,97+,98+,102+/m1/s1. The van der Waals surface area contributed by atoms with Crippen LogP contribution in [0.1, 0.15) is 171 Å². The van der Waals surface area contributed by atoms with Gasteiger partial charge in [-0.05, 0) is 153 Å². The highest BCUT2D eigenvalue weighted by molar-refractivity contribution is 14.1. The molecule has 2 bridgehead atoms. The molecule has 4 fully saturated rings. The van der Waals surface area contributed by atoms with Crippen molar-refractivity contribution in [3.8, 4) is 52.1 Å². The van der Waals surface area contributed by atoms with Gasteiger partial charge in [0.25, 0.3) is 0 Å². The second-order valence-corrected chi connectivity index (χ2v) is 41.8. The number of thioether (sulfide) groups is 1. The number of aliphatic hydroxyl groups excluding tert-OH is 4. The lowest BCUT2D eigenvalue weighted by atomic mass is 9.72. The molecule has 4 aliphatic heterocycles. The average molecular weight is 2160 g/mol. The van der Waals surface area contributed by atoms with E-state index in [0.29, 0.717) is 33.2 Å². The van der Waals surface area contributed by atoms with Crippen molar-refractivity contribution >= 4 is 120 Å². The van der Waals surface area contributed by atoms with Crippen LogP contribution in [0.15, 0.2) is 108 Å². The number of fused-ring (bicyclic) bond motifs is 5. The SMILES string of the molecule is CCN(C(=O)OCc1ccc(NC(=O)[C@H](CCCNC(N)=O)CC(=O)[C@@H](NC(=O)[C@H](CCCCNC(=O)OCC2c3ccccc3-c3ccccc32)CC(C)=O)C(C)C)cc1)[C@H]1CO[C@@H](O[C@H]2[C@H](O[C@H]3C#C/C=C\C#C[C@]4(O)CC(=O)C(CC(=O)OC)=C3/C4=C\CSSC(C)C)O[C@H](C)[C@@H](NO[C@H]3C[C@H](O)[C@H](SC(=O)c4c(C)c(I)c(O[C@@H]5O[C@@H](C)[C@H](O)[C@@H](OC)[C@H]5O)c(OC)c4OC)[C@@H](C)O3)[C@@H]2O)C[C@@H]1OC. The normalized spacial score (nSPS) is 26.7. The molecule has 11 rings (SSSR count). The molecule has 0 radical (unpaired) electrons. The molecule has 4 aromatic rings. The Kier molecular flexibility index (Phi) is 43.0. The molecule has 0 aromatic heterocycles. The summed E-state index contributed by atoms with van der Waals surface area (Å²) in [4.78, 5) is 145. The van der Waals surface area contributed by atoms with Gasteiger partial charge in [0.1, 0.15) is 55.6 Å². The molecule has 3 aliphatic carbocycles. The number of ketones is 3. The quantitative estimate of drug-likeness (QED) is 0.00372. The zero-order valence-corrected chi connectivity index (χ0v) is 87.4. The minimum atomic E-state index is -2.13. The van der Waals surface area contributed by atoms with E-state index < -0.39 is 205 Å². The number of aliphatic hydroxyl groups is 5. The molecule has 12 N–H and O–H groups in total. The number of halogens is 1. The fourth-order valence-corrected chi connectivity index (χ4v) is 22.1. The fourth-order valence-electron chi connectivity index (χ4n) is 18.4. The van der Waals surface area contributed by atoms with Crippen LogP contribution in [0.5, 0.6) is 17.2 Å². The molecule has 6 amide bonds. The number of nitrogens with one attached hydrogen (secondary N) is 5. The van der Waals surface area contributed by atoms with Gasteiger partial charge in [-0.15, -0.1) is 0 Å². The number of carbonyl (C=O) groups excluding carboxylic acids is 10. The number of hydroxylamine groups is 1. The minimum absolute atomic E-state index is 0.00306. The van der Waals surface area contributed by atoms with Crippen LogP contribution >= 0.6 is 55.9 Å². The van der Waals surface area contributed by atoms with Gasteiger partial charge in [0, 0.05) is 111 Å². The molecular formula is C102H132IN7O30S3. The molecule has 4 saturated heterocycles. The summed E-state index contributed by atoms with van der Waals surface area (Å²) in [5.41, 5.74) is 11.9. The topological polar surface area (TPSA) is 500 Å². The average Bonchev–Trinajstić information content (AvgIpc) is 1.64. The van der Waals surface area contributed by atoms with E-state index in [1.54, 1.807) is 89.6 Å². The third kappa shape index (κ3) is 29.4. The number of Topliss-reactive ketones (excluding diaryl/α,β-unsaturated/α-hetero) is 3. The third-order valence-corrected chi connectivity index (χ3v) is 31.4. The number of methoxy groups -OCH3 is 5. The number of hydrogen-bond acceptors (Lipinski definition) is 34. The Morgan fingerprint density at radius 1 is 0.734 bits per heavy atom.